The fraction of sp³-hybridized carbons (Fsp3) is 0.176. The highest BCUT2D eigenvalue weighted by molar-refractivity contribution is 7.16. The number of rotatable bonds is 1. The minimum Gasteiger partial charge on any atom is -0.319 e. The van der Waals surface area contributed by atoms with E-state index in [0.29, 0.717) is 4.80 Å². The van der Waals surface area contributed by atoms with Crippen LogP contribution >= 0.6 is 11.3 Å². The Kier molecular flexibility index (Phi) is 3.66. The molecule has 0 radical (unpaired) electrons. The highest BCUT2D eigenvalue weighted by Crippen LogP contribution is 2.24. The molecule has 1 heterocycles. The summed E-state index contributed by atoms with van der Waals surface area (Å²) in [5, 5.41) is 0. The zero-order chi connectivity index (χ0) is 15.9. The summed E-state index contributed by atoms with van der Waals surface area (Å²) in [5.74, 6) is -1.11. The number of aromatic nitrogens is 1. The molecule has 1 aromatic heterocycles. The van der Waals surface area contributed by atoms with E-state index in [-0.39, 0.29) is 5.56 Å². The summed E-state index contributed by atoms with van der Waals surface area (Å²) >= 11 is 1.45. The maximum Gasteiger partial charge on any atom is 0.282 e. The molecule has 0 N–H and O–H groups in total. The molecule has 2 aromatic carbocycles. The summed E-state index contributed by atoms with van der Waals surface area (Å²) in [6.45, 7) is 4.05. The van der Waals surface area contributed by atoms with Crippen LogP contribution in [0.3, 0.4) is 0 Å². The zero-order valence-corrected chi connectivity index (χ0v) is 13.4. The molecule has 0 bridgehead atoms. The first-order valence-corrected chi connectivity index (χ1v) is 7.70. The van der Waals surface area contributed by atoms with Crippen LogP contribution in [0.1, 0.15) is 21.5 Å². The maximum atomic E-state index is 13.7. The molecule has 0 aliphatic heterocycles. The van der Waals surface area contributed by atoms with Gasteiger partial charge in [-0.1, -0.05) is 35.6 Å². The van der Waals surface area contributed by atoms with Crippen molar-refractivity contribution >= 4 is 27.5 Å². The van der Waals surface area contributed by atoms with Gasteiger partial charge in [0, 0.05) is 7.05 Å². The van der Waals surface area contributed by atoms with Gasteiger partial charge in [-0.2, -0.15) is 4.99 Å². The van der Waals surface area contributed by atoms with Gasteiger partial charge >= 0.3 is 0 Å². The monoisotopic (exact) mass is 314 g/mol. The average Bonchev–Trinajstić information content (AvgIpc) is 2.82. The third kappa shape index (κ3) is 2.37. The van der Waals surface area contributed by atoms with Gasteiger partial charge in [0.25, 0.3) is 5.91 Å². The molecule has 0 atom stereocenters. The predicted octanol–water partition coefficient (Wildman–Crippen LogP) is 3.74. The van der Waals surface area contributed by atoms with Crippen LogP contribution in [-0.4, -0.2) is 10.5 Å². The van der Waals surface area contributed by atoms with Gasteiger partial charge in [-0.25, -0.2) is 4.39 Å². The van der Waals surface area contributed by atoms with E-state index in [1.807, 2.05) is 31.5 Å². The lowest BCUT2D eigenvalue weighted by Crippen LogP contribution is -2.14. The van der Waals surface area contributed by atoms with Crippen molar-refractivity contribution in [3.8, 4) is 0 Å². The average molecular weight is 314 g/mol. The van der Waals surface area contributed by atoms with Crippen molar-refractivity contribution in [2.24, 2.45) is 12.0 Å². The second-order valence-electron chi connectivity index (χ2n) is 5.22. The lowest BCUT2D eigenvalue weighted by Gasteiger charge is -2.01. The van der Waals surface area contributed by atoms with E-state index in [1.54, 1.807) is 12.1 Å². The highest BCUT2D eigenvalue weighted by atomic mass is 32.1. The van der Waals surface area contributed by atoms with Gasteiger partial charge in [0.2, 0.25) is 0 Å². The highest BCUT2D eigenvalue weighted by Gasteiger charge is 2.12. The van der Waals surface area contributed by atoms with Gasteiger partial charge in [0.05, 0.1) is 15.8 Å². The Balaban J connectivity index is 2.21. The van der Waals surface area contributed by atoms with Crippen molar-refractivity contribution in [3.05, 3.63) is 63.7 Å². The molecule has 0 aliphatic carbocycles. The number of aryl methyl sites for hydroxylation is 3. The number of carbonyl (C=O) groups excluding carboxylic acids is 1. The van der Waals surface area contributed by atoms with Gasteiger partial charge in [-0.3, -0.25) is 4.79 Å². The number of hydrogen-bond donors (Lipinski definition) is 0. The number of hydrogen-bond acceptors (Lipinski definition) is 2. The SMILES string of the molecule is Cc1ccc(C)c2c1sc(=NC(=O)c1ccccc1F)n2C. The normalized spacial score (nSPS) is 12.1. The molecule has 22 heavy (non-hydrogen) atoms. The largest absolute Gasteiger partial charge is 0.319 e. The van der Waals surface area contributed by atoms with E-state index in [1.165, 1.54) is 23.5 Å². The first-order valence-electron chi connectivity index (χ1n) is 6.88. The number of benzene rings is 2. The van der Waals surface area contributed by atoms with Crippen LogP contribution in [0, 0.1) is 19.7 Å². The smallest absolute Gasteiger partial charge is 0.282 e. The van der Waals surface area contributed by atoms with Crippen molar-refractivity contribution < 1.29 is 9.18 Å². The summed E-state index contributed by atoms with van der Waals surface area (Å²) < 4.78 is 16.7. The number of amides is 1. The molecule has 0 unspecified atom stereocenters. The van der Waals surface area contributed by atoms with Crippen LogP contribution in [0.5, 0.6) is 0 Å². The molecule has 112 valence electrons. The van der Waals surface area contributed by atoms with E-state index in [0.717, 1.165) is 21.3 Å². The Labute approximate surface area is 131 Å². The maximum absolute atomic E-state index is 13.7. The van der Waals surface area contributed by atoms with Gasteiger partial charge in [0.1, 0.15) is 5.82 Å². The van der Waals surface area contributed by atoms with Gasteiger partial charge in [0.15, 0.2) is 4.80 Å². The number of carbonyl (C=O) groups is 1. The summed E-state index contributed by atoms with van der Waals surface area (Å²) in [6, 6.07) is 10.00. The molecule has 0 aliphatic rings. The first-order chi connectivity index (χ1) is 10.5. The molecule has 1 amide bonds. The van der Waals surface area contributed by atoms with Crippen molar-refractivity contribution in [2.75, 3.05) is 0 Å². The molecule has 5 heteroatoms. The Morgan fingerprint density at radius 1 is 1.14 bits per heavy atom. The topological polar surface area (TPSA) is 34.4 Å². The van der Waals surface area contributed by atoms with Crippen LogP contribution in [0.4, 0.5) is 4.39 Å². The van der Waals surface area contributed by atoms with Crippen LogP contribution in [0.25, 0.3) is 10.2 Å². The summed E-state index contributed by atoms with van der Waals surface area (Å²) in [4.78, 5) is 16.9. The Bertz CT molecular complexity index is 953. The molecular weight excluding hydrogens is 299 g/mol. The van der Waals surface area contributed by atoms with E-state index in [4.69, 9.17) is 0 Å². The molecule has 0 saturated carbocycles. The lowest BCUT2D eigenvalue weighted by atomic mass is 10.1. The van der Waals surface area contributed by atoms with Crippen LogP contribution in [-0.2, 0) is 7.05 Å². The summed E-state index contributed by atoms with van der Waals surface area (Å²) in [6.07, 6.45) is 0. The molecule has 0 saturated heterocycles. The molecular formula is C17H15FN2OS. The quantitative estimate of drug-likeness (QED) is 0.674. The minimum atomic E-state index is -0.560. The second kappa shape index (κ2) is 5.50. The predicted molar refractivity (Wildman–Crippen MR) is 86.6 cm³/mol. The van der Waals surface area contributed by atoms with Crippen molar-refractivity contribution in [1.82, 2.24) is 4.57 Å². The van der Waals surface area contributed by atoms with Crippen LogP contribution < -0.4 is 4.80 Å². The fourth-order valence-electron chi connectivity index (χ4n) is 2.45. The summed E-state index contributed by atoms with van der Waals surface area (Å²) in [7, 11) is 1.87. The third-order valence-electron chi connectivity index (χ3n) is 3.65. The lowest BCUT2D eigenvalue weighted by molar-refractivity contribution is 0.0994. The molecule has 0 fully saturated rings. The van der Waals surface area contributed by atoms with Gasteiger partial charge in [-0.15, -0.1) is 0 Å². The molecule has 3 aromatic rings. The number of fused-ring (bicyclic) bond motifs is 1. The van der Waals surface area contributed by atoms with E-state index >= 15 is 0 Å². The molecule has 0 spiro atoms. The standard InChI is InChI=1S/C17H15FN2OS/c1-10-8-9-11(2)15-14(10)20(3)17(22-15)19-16(21)12-6-4-5-7-13(12)18/h4-9H,1-3H3. The van der Waals surface area contributed by atoms with Crippen LogP contribution in [0.15, 0.2) is 41.4 Å². The Morgan fingerprint density at radius 2 is 1.82 bits per heavy atom. The second-order valence-corrected chi connectivity index (χ2v) is 6.20. The Hall–Kier alpha value is -2.27. The van der Waals surface area contributed by atoms with Crippen molar-refractivity contribution in [3.63, 3.8) is 0 Å². The Morgan fingerprint density at radius 3 is 2.50 bits per heavy atom. The zero-order valence-electron chi connectivity index (χ0n) is 12.6. The van der Waals surface area contributed by atoms with E-state index in [9.17, 15) is 9.18 Å². The number of nitrogens with zero attached hydrogens (tertiary/aromatic N) is 2. The van der Waals surface area contributed by atoms with Crippen molar-refractivity contribution in [2.45, 2.75) is 13.8 Å². The third-order valence-corrected chi connectivity index (χ3v) is 4.91. The minimum absolute atomic E-state index is 0.00611. The van der Waals surface area contributed by atoms with E-state index in [2.05, 4.69) is 11.1 Å². The van der Waals surface area contributed by atoms with E-state index < -0.39 is 11.7 Å². The number of thiazole rings is 1. The first kappa shape index (κ1) is 14.7. The van der Waals surface area contributed by atoms with Gasteiger partial charge < -0.3 is 4.57 Å². The summed E-state index contributed by atoms with van der Waals surface area (Å²) in [5.41, 5.74) is 3.32. The van der Waals surface area contributed by atoms with Crippen molar-refractivity contribution in [1.29, 1.82) is 0 Å². The number of halogens is 1. The van der Waals surface area contributed by atoms with Crippen LogP contribution in [0.2, 0.25) is 0 Å². The fourth-order valence-corrected chi connectivity index (χ4v) is 3.61. The molecule has 3 nitrogen and oxygen atoms in total. The van der Waals surface area contributed by atoms with Gasteiger partial charge in [-0.05, 0) is 37.1 Å². The molecule has 3 rings (SSSR count).